The van der Waals surface area contributed by atoms with E-state index in [0.717, 1.165) is 10.9 Å². The highest BCUT2D eigenvalue weighted by molar-refractivity contribution is 5.96. The fourth-order valence-electron chi connectivity index (χ4n) is 4.22. The van der Waals surface area contributed by atoms with E-state index in [1.54, 1.807) is 6.20 Å². The molecule has 0 aliphatic heterocycles. The molecule has 0 radical (unpaired) electrons. The van der Waals surface area contributed by atoms with E-state index in [0.29, 0.717) is 31.4 Å². The molecule has 0 saturated carbocycles. The highest BCUT2D eigenvalue weighted by Crippen LogP contribution is 2.19. The third-order valence-corrected chi connectivity index (χ3v) is 6.89. The second kappa shape index (κ2) is 15.6. The number of unbranched alkanes of at least 4 members (excludes halogenated alkanes) is 1. The Balaban J connectivity index is 2.19. The summed E-state index contributed by atoms with van der Waals surface area (Å²) in [6.07, 6.45) is 3.00. The van der Waals surface area contributed by atoms with Crippen molar-refractivity contribution in [1.29, 1.82) is 0 Å². The highest BCUT2D eigenvalue weighted by Gasteiger charge is 2.32. The molecule has 1 aromatic heterocycles. The van der Waals surface area contributed by atoms with Crippen molar-refractivity contribution < 1.29 is 29.1 Å². The van der Waals surface area contributed by atoms with Crippen molar-refractivity contribution in [2.75, 3.05) is 6.54 Å². The van der Waals surface area contributed by atoms with E-state index in [2.05, 4.69) is 20.9 Å². The molecular formula is C27H41N7O6. The third-order valence-electron chi connectivity index (χ3n) is 6.89. The summed E-state index contributed by atoms with van der Waals surface area (Å²) < 4.78 is 0. The van der Waals surface area contributed by atoms with Gasteiger partial charge in [0.2, 0.25) is 23.6 Å². The summed E-state index contributed by atoms with van der Waals surface area (Å²) in [7, 11) is 0. The first kappa shape index (κ1) is 32.2. The first-order chi connectivity index (χ1) is 19.0. The molecule has 0 fully saturated rings. The maximum atomic E-state index is 13.2. The molecule has 0 bridgehead atoms. The average molecular weight is 560 g/mol. The lowest BCUT2D eigenvalue weighted by molar-refractivity contribution is -0.142. The summed E-state index contributed by atoms with van der Waals surface area (Å²) >= 11 is 0. The van der Waals surface area contributed by atoms with Gasteiger partial charge < -0.3 is 43.2 Å². The number of H-pyrrole nitrogens is 1. The Hall–Kier alpha value is -3.97. The molecule has 1 heterocycles. The zero-order chi connectivity index (χ0) is 29.8. The fraction of sp³-hybridized carbons (Fsp3) is 0.519. The number of carbonyl (C=O) groups is 5. The molecule has 220 valence electrons. The predicted molar refractivity (Wildman–Crippen MR) is 150 cm³/mol. The van der Waals surface area contributed by atoms with Crippen molar-refractivity contribution in [2.24, 2.45) is 23.1 Å². The first-order valence-corrected chi connectivity index (χ1v) is 13.4. The van der Waals surface area contributed by atoms with Crippen LogP contribution >= 0.6 is 0 Å². The molecule has 4 amide bonds. The Morgan fingerprint density at radius 2 is 1.57 bits per heavy atom. The number of nitrogens with two attached hydrogens (primary N) is 3. The zero-order valence-electron chi connectivity index (χ0n) is 22.9. The van der Waals surface area contributed by atoms with Crippen molar-refractivity contribution >= 4 is 40.5 Å². The number of aliphatic carboxylic acids is 1. The van der Waals surface area contributed by atoms with E-state index in [-0.39, 0.29) is 18.8 Å². The van der Waals surface area contributed by atoms with E-state index in [1.165, 1.54) is 0 Å². The molecule has 2 rings (SSSR count). The van der Waals surface area contributed by atoms with Crippen LogP contribution in [0.1, 0.15) is 51.5 Å². The van der Waals surface area contributed by atoms with Crippen molar-refractivity contribution in [3.8, 4) is 0 Å². The number of para-hydroxylation sites is 1. The van der Waals surface area contributed by atoms with Gasteiger partial charge in [-0.25, -0.2) is 4.79 Å². The molecule has 13 nitrogen and oxygen atoms in total. The summed E-state index contributed by atoms with van der Waals surface area (Å²) in [5.74, 6) is -4.47. The molecule has 2 aromatic rings. The predicted octanol–water partition coefficient (Wildman–Crippen LogP) is -0.373. The number of hydrogen-bond donors (Lipinski definition) is 8. The number of carboxylic acid groups (broad SMARTS) is 1. The number of hydrogen-bond acceptors (Lipinski definition) is 7. The minimum atomic E-state index is -1.47. The Kier molecular flexibility index (Phi) is 12.6. The summed E-state index contributed by atoms with van der Waals surface area (Å²) in [5, 5.41) is 18.1. The average Bonchev–Trinajstić information content (AvgIpc) is 3.33. The van der Waals surface area contributed by atoms with Gasteiger partial charge in [0.25, 0.3) is 0 Å². The number of carboxylic acids is 1. The van der Waals surface area contributed by atoms with Crippen LogP contribution in [0.15, 0.2) is 30.5 Å². The van der Waals surface area contributed by atoms with Gasteiger partial charge in [0.05, 0.1) is 12.5 Å². The SMILES string of the molecule is CCC(C)C(N)C(=O)NC(CCCCN)C(=O)NC(CC(N)=O)C(=O)NC(Cc1c[nH]c2ccccc12)C(=O)O. The minimum Gasteiger partial charge on any atom is -0.480 e. The lowest BCUT2D eigenvalue weighted by Crippen LogP contribution is -2.58. The third kappa shape index (κ3) is 9.35. The highest BCUT2D eigenvalue weighted by atomic mass is 16.4. The molecular weight excluding hydrogens is 518 g/mol. The van der Waals surface area contributed by atoms with Crippen LogP contribution in [-0.4, -0.2) is 70.4 Å². The Labute approximate surface area is 233 Å². The molecule has 0 saturated heterocycles. The van der Waals surface area contributed by atoms with Crippen molar-refractivity contribution in [3.63, 3.8) is 0 Å². The Bertz CT molecular complexity index is 1180. The number of rotatable bonds is 17. The number of carbonyl (C=O) groups excluding carboxylic acids is 4. The van der Waals surface area contributed by atoms with E-state index < -0.39 is 60.2 Å². The monoisotopic (exact) mass is 559 g/mol. The van der Waals surface area contributed by atoms with Crippen LogP contribution < -0.4 is 33.2 Å². The van der Waals surface area contributed by atoms with Gasteiger partial charge in [-0.2, -0.15) is 0 Å². The van der Waals surface area contributed by atoms with Crippen LogP contribution in [0, 0.1) is 5.92 Å². The smallest absolute Gasteiger partial charge is 0.326 e. The van der Waals surface area contributed by atoms with E-state index in [9.17, 15) is 29.1 Å². The van der Waals surface area contributed by atoms with Crippen LogP contribution in [0.3, 0.4) is 0 Å². The van der Waals surface area contributed by atoms with E-state index in [4.69, 9.17) is 17.2 Å². The number of aromatic amines is 1. The summed E-state index contributed by atoms with van der Waals surface area (Å²) in [4.78, 5) is 65.8. The molecule has 0 spiro atoms. The second-order valence-corrected chi connectivity index (χ2v) is 9.95. The number of nitrogens with one attached hydrogen (secondary N) is 4. The molecule has 11 N–H and O–H groups in total. The van der Waals surface area contributed by atoms with Gasteiger partial charge >= 0.3 is 5.97 Å². The maximum absolute atomic E-state index is 13.2. The van der Waals surface area contributed by atoms with Crippen molar-refractivity contribution in [1.82, 2.24) is 20.9 Å². The lowest BCUT2D eigenvalue weighted by Gasteiger charge is -2.26. The summed E-state index contributed by atoms with van der Waals surface area (Å²) in [5.41, 5.74) is 18.4. The molecule has 5 unspecified atom stereocenters. The molecule has 13 heteroatoms. The van der Waals surface area contributed by atoms with Crippen LogP contribution in [0.5, 0.6) is 0 Å². The number of aromatic nitrogens is 1. The quantitative estimate of drug-likeness (QED) is 0.119. The lowest BCUT2D eigenvalue weighted by atomic mass is 9.98. The number of amides is 4. The van der Waals surface area contributed by atoms with Crippen LogP contribution in [-0.2, 0) is 30.4 Å². The molecule has 0 aliphatic rings. The maximum Gasteiger partial charge on any atom is 0.326 e. The minimum absolute atomic E-state index is 0.0480. The number of primary amides is 1. The van der Waals surface area contributed by atoms with Crippen LogP contribution in [0.25, 0.3) is 10.9 Å². The largest absolute Gasteiger partial charge is 0.480 e. The standard InChI is InChI=1S/C27H41N7O6/c1-3-15(2)23(30)26(38)32-19(10-6-7-11-28)24(36)33-20(13-22(29)35)25(37)34-21(27(39)40)12-16-14-31-18-9-5-4-8-17(16)18/h4-5,8-9,14-15,19-21,23,31H,3,6-7,10-13,28,30H2,1-2H3,(H2,29,35)(H,32,38)(H,33,36)(H,34,37)(H,39,40). The van der Waals surface area contributed by atoms with Crippen LogP contribution in [0.4, 0.5) is 0 Å². The number of fused-ring (bicyclic) bond motifs is 1. The van der Waals surface area contributed by atoms with Gasteiger partial charge in [0.15, 0.2) is 0 Å². The number of benzene rings is 1. The van der Waals surface area contributed by atoms with E-state index >= 15 is 0 Å². The Morgan fingerprint density at radius 3 is 2.20 bits per heavy atom. The molecule has 0 aliphatic carbocycles. The second-order valence-electron chi connectivity index (χ2n) is 9.95. The fourth-order valence-corrected chi connectivity index (χ4v) is 4.22. The van der Waals surface area contributed by atoms with Gasteiger partial charge in [-0.15, -0.1) is 0 Å². The molecule has 5 atom stereocenters. The summed E-state index contributed by atoms with van der Waals surface area (Å²) in [6.45, 7) is 4.09. The van der Waals surface area contributed by atoms with Gasteiger partial charge in [-0.3, -0.25) is 19.2 Å². The molecule has 1 aromatic carbocycles. The van der Waals surface area contributed by atoms with Gasteiger partial charge in [0, 0.05) is 23.5 Å². The van der Waals surface area contributed by atoms with Crippen molar-refractivity contribution in [2.45, 2.75) is 76.5 Å². The van der Waals surface area contributed by atoms with Crippen molar-refractivity contribution in [3.05, 3.63) is 36.0 Å². The Morgan fingerprint density at radius 1 is 0.950 bits per heavy atom. The van der Waals surface area contributed by atoms with Gasteiger partial charge in [0.1, 0.15) is 18.1 Å². The van der Waals surface area contributed by atoms with Gasteiger partial charge in [-0.05, 0) is 43.4 Å². The van der Waals surface area contributed by atoms with E-state index in [1.807, 2.05) is 38.1 Å². The zero-order valence-corrected chi connectivity index (χ0v) is 22.9. The first-order valence-electron chi connectivity index (χ1n) is 13.4. The van der Waals surface area contributed by atoms with Crippen LogP contribution in [0.2, 0.25) is 0 Å². The van der Waals surface area contributed by atoms with Gasteiger partial charge in [-0.1, -0.05) is 38.5 Å². The summed E-state index contributed by atoms with van der Waals surface area (Å²) in [6, 6.07) is 2.58. The normalized spacial score (nSPS) is 14.9. The topological polar surface area (TPSA) is 236 Å². The molecule has 40 heavy (non-hydrogen) atoms.